The first-order valence-electron chi connectivity index (χ1n) is 6.64. The van der Waals surface area contributed by atoms with Gasteiger partial charge in [0, 0.05) is 28.6 Å². The van der Waals surface area contributed by atoms with Crippen LogP contribution in [-0.2, 0) is 13.0 Å². The van der Waals surface area contributed by atoms with Crippen LogP contribution in [0.2, 0.25) is 0 Å². The number of benzene rings is 1. The van der Waals surface area contributed by atoms with Gasteiger partial charge in [0.1, 0.15) is 5.56 Å². The Balaban J connectivity index is 2.26. The van der Waals surface area contributed by atoms with E-state index in [4.69, 9.17) is 0 Å². The molecule has 1 aliphatic heterocycles. The number of amides is 1. The number of aromatic nitrogens is 1. The highest BCUT2D eigenvalue weighted by Gasteiger charge is 2.21. The van der Waals surface area contributed by atoms with Crippen LogP contribution in [0.15, 0.2) is 27.6 Å². The number of pyridine rings is 1. The molecular weight excluding hydrogens is 320 g/mol. The molecular formula is C15H15BrN2O2. The van der Waals surface area contributed by atoms with Crippen molar-refractivity contribution in [3.05, 3.63) is 44.2 Å². The molecule has 1 amide bonds. The van der Waals surface area contributed by atoms with Gasteiger partial charge in [0.2, 0.25) is 5.43 Å². The molecule has 0 atom stereocenters. The highest BCUT2D eigenvalue weighted by Crippen LogP contribution is 2.28. The number of nitrogens with zero attached hydrogens (tertiary/aromatic N) is 1. The minimum absolute atomic E-state index is 0.00856. The second kappa shape index (κ2) is 4.74. The van der Waals surface area contributed by atoms with Crippen LogP contribution in [0.4, 0.5) is 0 Å². The molecule has 0 aliphatic carbocycles. The fourth-order valence-electron chi connectivity index (χ4n) is 2.70. The minimum atomic E-state index is -0.302. The van der Waals surface area contributed by atoms with Crippen molar-refractivity contribution in [1.82, 2.24) is 9.88 Å². The summed E-state index contributed by atoms with van der Waals surface area (Å²) < 4.78 is 2.89. The second-order valence-electron chi connectivity index (χ2n) is 5.40. The SMILES string of the molecule is CC(C)NC(=O)c1cn2c3c(cc(Br)cc3c1=O)CC2. The van der Waals surface area contributed by atoms with Crippen molar-refractivity contribution < 1.29 is 4.79 Å². The monoisotopic (exact) mass is 334 g/mol. The van der Waals surface area contributed by atoms with Gasteiger partial charge in [0.25, 0.3) is 5.91 Å². The normalized spacial score (nSPS) is 13.2. The van der Waals surface area contributed by atoms with Crippen molar-refractivity contribution in [2.45, 2.75) is 32.9 Å². The molecule has 0 unspecified atom stereocenters. The van der Waals surface area contributed by atoms with E-state index in [2.05, 4.69) is 21.2 Å². The van der Waals surface area contributed by atoms with Crippen molar-refractivity contribution in [2.24, 2.45) is 0 Å². The Bertz CT molecular complexity index is 778. The molecule has 1 N–H and O–H groups in total. The number of aryl methyl sites for hydroxylation is 2. The Labute approximate surface area is 124 Å². The van der Waals surface area contributed by atoms with Gasteiger partial charge < -0.3 is 9.88 Å². The Kier molecular flexibility index (Phi) is 3.17. The van der Waals surface area contributed by atoms with E-state index in [1.54, 1.807) is 12.3 Å². The summed E-state index contributed by atoms with van der Waals surface area (Å²) >= 11 is 3.43. The standard InChI is InChI=1S/C15H15BrN2O2/c1-8(2)17-15(20)12-7-18-4-3-9-5-10(16)6-11(13(9)18)14(12)19/h5-8H,3-4H2,1-2H3,(H,17,20). The Hall–Kier alpha value is -1.62. The van der Waals surface area contributed by atoms with E-state index in [9.17, 15) is 9.59 Å². The first-order valence-corrected chi connectivity index (χ1v) is 7.43. The lowest BCUT2D eigenvalue weighted by Gasteiger charge is -2.11. The fourth-order valence-corrected chi connectivity index (χ4v) is 3.21. The summed E-state index contributed by atoms with van der Waals surface area (Å²) in [6.07, 6.45) is 2.58. The van der Waals surface area contributed by atoms with Crippen molar-refractivity contribution in [3.8, 4) is 0 Å². The molecule has 0 fully saturated rings. The zero-order valence-corrected chi connectivity index (χ0v) is 13.0. The molecule has 1 aliphatic rings. The van der Waals surface area contributed by atoms with Crippen LogP contribution < -0.4 is 10.7 Å². The van der Waals surface area contributed by atoms with E-state index in [1.807, 2.05) is 24.5 Å². The molecule has 2 heterocycles. The lowest BCUT2D eigenvalue weighted by Crippen LogP contribution is -2.34. The average molecular weight is 335 g/mol. The first-order chi connectivity index (χ1) is 9.47. The predicted octanol–water partition coefficient (Wildman–Crippen LogP) is 2.46. The topological polar surface area (TPSA) is 51.1 Å². The maximum absolute atomic E-state index is 12.5. The molecule has 1 aromatic carbocycles. The van der Waals surface area contributed by atoms with Gasteiger partial charge in [-0.25, -0.2) is 0 Å². The van der Waals surface area contributed by atoms with Crippen LogP contribution in [0.5, 0.6) is 0 Å². The molecule has 3 rings (SSSR count). The Morgan fingerprint density at radius 3 is 2.85 bits per heavy atom. The highest BCUT2D eigenvalue weighted by molar-refractivity contribution is 9.10. The maximum Gasteiger partial charge on any atom is 0.256 e. The zero-order valence-electron chi connectivity index (χ0n) is 11.4. The van der Waals surface area contributed by atoms with Gasteiger partial charge in [-0.1, -0.05) is 15.9 Å². The molecule has 20 heavy (non-hydrogen) atoms. The number of carbonyl (C=O) groups is 1. The first kappa shape index (κ1) is 13.4. The van der Waals surface area contributed by atoms with Crippen molar-refractivity contribution in [1.29, 1.82) is 0 Å². The van der Waals surface area contributed by atoms with Gasteiger partial charge in [-0.05, 0) is 38.0 Å². The van der Waals surface area contributed by atoms with E-state index in [-0.39, 0.29) is 22.9 Å². The van der Waals surface area contributed by atoms with E-state index in [0.717, 1.165) is 28.5 Å². The molecule has 2 aromatic rings. The molecule has 0 radical (unpaired) electrons. The van der Waals surface area contributed by atoms with Gasteiger partial charge in [0.05, 0.1) is 5.52 Å². The average Bonchev–Trinajstić information content (AvgIpc) is 2.75. The fraction of sp³-hybridized carbons (Fsp3) is 0.333. The largest absolute Gasteiger partial charge is 0.350 e. The molecule has 104 valence electrons. The van der Waals surface area contributed by atoms with E-state index >= 15 is 0 Å². The summed E-state index contributed by atoms with van der Waals surface area (Å²) in [5.74, 6) is -0.302. The second-order valence-corrected chi connectivity index (χ2v) is 6.32. The number of rotatable bonds is 2. The number of nitrogens with one attached hydrogen (secondary N) is 1. The lowest BCUT2D eigenvalue weighted by molar-refractivity contribution is 0.0941. The van der Waals surface area contributed by atoms with E-state index < -0.39 is 0 Å². The van der Waals surface area contributed by atoms with Gasteiger partial charge in [0.15, 0.2) is 0 Å². The zero-order chi connectivity index (χ0) is 14.4. The summed E-state index contributed by atoms with van der Waals surface area (Å²) in [6, 6.07) is 3.85. The van der Waals surface area contributed by atoms with Crippen LogP contribution in [0, 0.1) is 0 Å². The van der Waals surface area contributed by atoms with E-state index in [1.165, 1.54) is 0 Å². The van der Waals surface area contributed by atoms with Gasteiger partial charge in [-0.2, -0.15) is 0 Å². The molecule has 0 saturated carbocycles. The van der Waals surface area contributed by atoms with E-state index in [0.29, 0.717) is 5.39 Å². The van der Waals surface area contributed by atoms with Crippen LogP contribution in [0.3, 0.4) is 0 Å². The number of halogens is 1. The van der Waals surface area contributed by atoms with Crippen LogP contribution >= 0.6 is 15.9 Å². The van der Waals surface area contributed by atoms with Crippen molar-refractivity contribution >= 4 is 32.7 Å². The highest BCUT2D eigenvalue weighted by atomic mass is 79.9. The molecule has 4 nitrogen and oxygen atoms in total. The third-order valence-corrected chi connectivity index (χ3v) is 3.96. The molecule has 1 aromatic heterocycles. The molecule has 0 spiro atoms. The number of hydrogen-bond donors (Lipinski definition) is 1. The number of carbonyl (C=O) groups excluding carboxylic acids is 1. The van der Waals surface area contributed by atoms with Crippen molar-refractivity contribution in [2.75, 3.05) is 0 Å². The minimum Gasteiger partial charge on any atom is -0.350 e. The maximum atomic E-state index is 12.5. The summed E-state index contributed by atoms with van der Waals surface area (Å²) in [7, 11) is 0. The van der Waals surface area contributed by atoms with Gasteiger partial charge in [-0.3, -0.25) is 9.59 Å². The van der Waals surface area contributed by atoms with Crippen LogP contribution in [0.1, 0.15) is 29.8 Å². The smallest absolute Gasteiger partial charge is 0.256 e. The van der Waals surface area contributed by atoms with Gasteiger partial charge >= 0.3 is 0 Å². The molecule has 0 bridgehead atoms. The summed E-state index contributed by atoms with van der Waals surface area (Å²) in [5, 5.41) is 3.40. The number of hydrogen-bond acceptors (Lipinski definition) is 2. The van der Waals surface area contributed by atoms with Crippen LogP contribution in [-0.4, -0.2) is 16.5 Å². The predicted molar refractivity (Wildman–Crippen MR) is 82.2 cm³/mol. The van der Waals surface area contributed by atoms with Crippen LogP contribution in [0.25, 0.3) is 10.9 Å². The molecule has 5 heteroatoms. The third-order valence-electron chi connectivity index (χ3n) is 3.50. The summed E-state index contributed by atoms with van der Waals surface area (Å²) in [4.78, 5) is 24.7. The lowest BCUT2D eigenvalue weighted by atomic mass is 10.1. The Morgan fingerprint density at radius 2 is 2.15 bits per heavy atom. The summed E-state index contributed by atoms with van der Waals surface area (Å²) in [5.41, 5.74) is 2.14. The Morgan fingerprint density at radius 1 is 1.40 bits per heavy atom. The quantitative estimate of drug-likeness (QED) is 0.917. The third kappa shape index (κ3) is 2.06. The van der Waals surface area contributed by atoms with Gasteiger partial charge in [-0.15, -0.1) is 0 Å². The summed E-state index contributed by atoms with van der Waals surface area (Å²) in [6.45, 7) is 4.57. The molecule has 0 saturated heterocycles. The van der Waals surface area contributed by atoms with Crippen molar-refractivity contribution in [3.63, 3.8) is 0 Å².